The molecule has 0 fully saturated rings. The van der Waals surface area contributed by atoms with Crippen molar-refractivity contribution in [2.45, 2.75) is 6.18 Å². The largest absolute Gasteiger partial charge is 0.416 e. The predicted molar refractivity (Wildman–Crippen MR) is 44.6 cm³/mol. The van der Waals surface area contributed by atoms with E-state index in [1.54, 1.807) is 0 Å². The Morgan fingerprint density at radius 3 is 2.71 bits per heavy atom. The van der Waals surface area contributed by atoms with Gasteiger partial charge in [-0.25, -0.2) is 4.98 Å². The number of halogens is 3. The summed E-state index contributed by atoms with van der Waals surface area (Å²) in [5, 5.41) is 0. The second-order valence-corrected chi connectivity index (χ2v) is 2.82. The van der Waals surface area contributed by atoms with Gasteiger partial charge in [0.1, 0.15) is 11.5 Å². The number of hydrogen-bond acceptors (Lipinski definition) is 2. The van der Waals surface area contributed by atoms with E-state index >= 15 is 0 Å². The van der Waals surface area contributed by atoms with E-state index in [0.29, 0.717) is 5.82 Å². The highest BCUT2D eigenvalue weighted by atomic mass is 19.4. The smallest absolute Gasteiger partial charge is 0.383 e. The van der Waals surface area contributed by atoms with E-state index in [4.69, 9.17) is 5.73 Å². The van der Waals surface area contributed by atoms with Crippen molar-refractivity contribution in [2.24, 2.45) is 0 Å². The van der Waals surface area contributed by atoms with E-state index in [9.17, 15) is 13.2 Å². The highest BCUT2D eigenvalue weighted by Crippen LogP contribution is 2.29. The van der Waals surface area contributed by atoms with Crippen molar-refractivity contribution in [3.8, 4) is 0 Å². The standard InChI is InChI=1S/C8H6F3N3/c9-8(10,11)5-1-2-14-6(12)4-13-7(14)3-5/h1-4H,12H2. The van der Waals surface area contributed by atoms with Crippen molar-refractivity contribution in [1.82, 2.24) is 9.38 Å². The zero-order valence-electron chi connectivity index (χ0n) is 6.92. The minimum Gasteiger partial charge on any atom is -0.383 e. The summed E-state index contributed by atoms with van der Waals surface area (Å²) in [5.41, 5.74) is 4.92. The first kappa shape index (κ1) is 8.86. The van der Waals surface area contributed by atoms with Gasteiger partial charge in [0.15, 0.2) is 0 Å². The molecule has 6 heteroatoms. The van der Waals surface area contributed by atoms with Gasteiger partial charge in [-0.15, -0.1) is 0 Å². The number of alkyl halides is 3. The molecule has 0 spiro atoms. The van der Waals surface area contributed by atoms with Crippen LogP contribution in [0.15, 0.2) is 24.5 Å². The Bertz CT molecular complexity index is 472. The van der Waals surface area contributed by atoms with E-state index in [1.165, 1.54) is 16.8 Å². The minimum absolute atomic E-state index is 0.192. The van der Waals surface area contributed by atoms with Gasteiger partial charge in [0.2, 0.25) is 0 Å². The first-order valence-electron chi connectivity index (χ1n) is 3.78. The summed E-state index contributed by atoms with van der Waals surface area (Å²) in [5.74, 6) is 0.314. The first-order chi connectivity index (χ1) is 6.48. The average Bonchev–Trinajstić information content (AvgIpc) is 2.46. The molecule has 3 nitrogen and oxygen atoms in total. The molecule has 0 radical (unpaired) electrons. The van der Waals surface area contributed by atoms with E-state index < -0.39 is 11.7 Å². The monoisotopic (exact) mass is 201 g/mol. The normalized spacial score (nSPS) is 12.2. The summed E-state index contributed by atoms with van der Waals surface area (Å²) in [4.78, 5) is 3.73. The van der Waals surface area contributed by atoms with Gasteiger partial charge >= 0.3 is 6.18 Å². The molecule has 0 aliphatic heterocycles. The van der Waals surface area contributed by atoms with Crippen molar-refractivity contribution < 1.29 is 13.2 Å². The van der Waals surface area contributed by atoms with Crippen LogP contribution in [0.5, 0.6) is 0 Å². The molecule has 2 aromatic rings. The van der Waals surface area contributed by atoms with Crippen molar-refractivity contribution in [2.75, 3.05) is 5.73 Å². The molecule has 2 aromatic heterocycles. The zero-order chi connectivity index (χ0) is 10.3. The van der Waals surface area contributed by atoms with Gasteiger partial charge in [-0.05, 0) is 12.1 Å². The van der Waals surface area contributed by atoms with Gasteiger partial charge in [0.25, 0.3) is 0 Å². The fourth-order valence-electron chi connectivity index (χ4n) is 1.18. The van der Waals surface area contributed by atoms with Gasteiger partial charge in [-0.3, -0.25) is 4.40 Å². The second-order valence-electron chi connectivity index (χ2n) is 2.82. The molecule has 0 aliphatic carbocycles. The Morgan fingerprint density at radius 1 is 1.36 bits per heavy atom. The number of nitrogens with two attached hydrogens (primary N) is 1. The van der Waals surface area contributed by atoms with Crippen LogP contribution in [0.1, 0.15) is 5.56 Å². The Labute approximate surface area is 77.0 Å². The lowest BCUT2D eigenvalue weighted by atomic mass is 10.2. The van der Waals surface area contributed by atoms with Crippen LogP contribution in [0, 0.1) is 0 Å². The lowest BCUT2D eigenvalue weighted by Gasteiger charge is -2.06. The van der Waals surface area contributed by atoms with Crippen LogP contribution >= 0.6 is 0 Å². The highest BCUT2D eigenvalue weighted by Gasteiger charge is 2.30. The maximum atomic E-state index is 12.3. The molecule has 0 unspecified atom stereocenters. The summed E-state index contributed by atoms with van der Waals surface area (Å²) >= 11 is 0. The molecule has 0 atom stereocenters. The topological polar surface area (TPSA) is 43.3 Å². The molecule has 2 N–H and O–H groups in total. The Balaban J connectivity index is 2.63. The van der Waals surface area contributed by atoms with Crippen LogP contribution in [0.2, 0.25) is 0 Å². The molecule has 0 bridgehead atoms. The van der Waals surface area contributed by atoms with Crippen LogP contribution in [0.4, 0.5) is 19.0 Å². The van der Waals surface area contributed by atoms with Crippen LogP contribution in [0.25, 0.3) is 5.65 Å². The number of fused-ring (bicyclic) bond motifs is 1. The van der Waals surface area contributed by atoms with E-state index in [1.807, 2.05) is 0 Å². The lowest BCUT2D eigenvalue weighted by Crippen LogP contribution is -2.05. The summed E-state index contributed by atoms with van der Waals surface area (Å²) in [6.07, 6.45) is -1.78. The Hall–Kier alpha value is -1.72. The van der Waals surface area contributed by atoms with Crippen LogP contribution < -0.4 is 5.73 Å². The first-order valence-corrected chi connectivity index (χ1v) is 3.78. The third-order valence-electron chi connectivity index (χ3n) is 1.87. The number of imidazole rings is 1. The molecule has 0 saturated carbocycles. The molecule has 2 rings (SSSR count). The third-order valence-corrected chi connectivity index (χ3v) is 1.87. The molecular formula is C8H6F3N3. The van der Waals surface area contributed by atoms with Crippen LogP contribution in [-0.4, -0.2) is 9.38 Å². The molecule has 14 heavy (non-hydrogen) atoms. The maximum absolute atomic E-state index is 12.3. The highest BCUT2D eigenvalue weighted by molar-refractivity contribution is 5.49. The average molecular weight is 201 g/mol. The van der Waals surface area contributed by atoms with Crippen LogP contribution in [-0.2, 0) is 6.18 Å². The van der Waals surface area contributed by atoms with Crippen LogP contribution in [0.3, 0.4) is 0 Å². The van der Waals surface area contributed by atoms with Crippen molar-refractivity contribution in [3.63, 3.8) is 0 Å². The second kappa shape index (κ2) is 2.63. The van der Waals surface area contributed by atoms with E-state index in [2.05, 4.69) is 4.98 Å². The number of hydrogen-bond donors (Lipinski definition) is 1. The molecule has 0 saturated heterocycles. The molecular weight excluding hydrogens is 195 g/mol. The number of pyridine rings is 1. The van der Waals surface area contributed by atoms with E-state index in [0.717, 1.165) is 12.1 Å². The Morgan fingerprint density at radius 2 is 2.07 bits per heavy atom. The number of aromatic nitrogens is 2. The molecule has 2 heterocycles. The van der Waals surface area contributed by atoms with Crippen molar-refractivity contribution in [1.29, 1.82) is 0 Å². The maximum Gasteiger partial charge on any atom is 0.416 e. The predicted octanol–water partition coefficient (Wildman–Crippen LogP) is 1.94. The number of rotatable bonds is 0. The fourth-order valence-corrected chi connectivity index (χ4v) is 1.18. The molecule has 0 amide bonds. The quantitative estimate of drug-likeness (QED) is 0.707. The van der Waals surface area contributed by atoms with Gasteiger partial charge in [-0.2, -0.15) is 13.2 Å². The number of anilines is 1. The van der Waals surface area contributed by atoms with E-state index in [-0.39, 0.29) is 5.65 Å². The summed E-state index contributed by atoms with van der Waals surface area (Å²) < 4.78 is 38.1. The molecule has 74 valence electrons. The van der Waals surface area contributed by atoms with Gasteiger partial charge in [-0.1, -0.05) is 0 Å². The number of nitrogens with zero attached hydrogens (tertiary/aromatic N) is 2. The van der Waals surface area contributed by atoms with Crippen molar-refractivity contribution in [3.05, 3.63) is 30.1 Å². The summed E-state index contributed by atoms with van der Waals surface area (Å²) in [6.45, 7) is 0. The molecule has 0 aliphatic rings. The Kier molecular flexibility index (Phi) is 1.67. The summed E-state index contributed by atoms with van der Waals surface area (Å²) in [6, 6.07) is 1.92. The zero-order valence-corrected chi connectivity index (χ0v) is 6.92. The summed E-state index contributed by atoms with van der Waals surface area (Å²) in [7, 11) is 0. The fraction of sp³-hybridized carbons (Fsp3) is 0.125. The van der Waals surface area contributed by atoms with Gasteiger partial charge in [0, 0.05) is 6.20 Å². The van der Waals surface area contributed by atoms with Gasteiger partial charge in [0.05, 0.1) is 11.8 Å². The van der Waals surface area contributed by atoms with Gasteiger partial charge < -0.3 is 5.73 Å². The SMILES string of the molecule is Nc1cnc2cc(C(F)(F)F)ccn12. The minimum atomic E-state index is -4.34. The molecule has 0 aromatic carbocycles. The van der Waals surface area contributed by atoms with Crippen molar-refractivity contribution >= 4 is 11.5 Å². The number of nitrogen functional groups attached to an aromatic ring is 1. The lowest BCUT2D eigenvalue weighted by molar-refractivity contribution is -0.137. The third kappa shape index (κ3) is 1.28.